The molecule has 0 aromatic carbocycles. The highest BCUT2D eigenvalue weighted by Crippen LogP contribution is 2.31. The number of nitrogens with zero attached hydrogens (tertiary/aromatic N) is 3. The number of alkyl halides is 3. The van der Waals surface area contributed by atoms with E-state index in [1.165, 1.54) is 12.3 Å². The number of amidine groups is 2. The molecule has 1 unspecified atom stereocenters. The van der Waals surface area contributed by atoms with E-state index < -0.39 is 30.6 Å². The molecule has 2 aliphatic rings. The largest absolute Gasteiger partial charge is 0.395 e. The van der Waals surface area contributed by atoms with Crippen LogP contribution in [0.15, 0.2) is 87.3 Å². The van der Waals surface area contributed by atoms with Crippen LogP contribution < -0.4 is 22.1 Å². The summed E-state index contributed by atoms with van der Waals surface area (Å²) in [7, 11) is 0. The summed E-state index contributed by atoms with van der Waals surface area (Å²) in [5.74, 6) is -2.41. The van der Waals surface area contributed by atoms with Crippen molar-refractivity contribution in [3.63, 3.8) is 0 Å². The number of aliphatic imine (C=N–C) groups is 3. The van der Waals surface area contributed by atoms with Crippen LogP contribution in [0.2, 0.25) is 0 Å². The molecule has 0 aromatic heterocycles. The van der Waals surface area contributed by atoms with Gasteiger partial charge in [-0.15, -0.1) is 0 Å². The smallest absolute Gasteiger partial charge is 0.382 e. The van der Waals surface area contributed by atoms with Crippen molar-refractivity contribution in [1.82, 2.24) is 10.6 Å². The average molecular weight is 510 g/mol. The van der Waals surface area contributed by atoms with Crippen LogP contribution in [-0.4, -0.2) is 41.9 Å². The van der Waals surface area contributed by atoms with E-state index in [1.807, 2.05) is 6.92 Å². The molecule has 0 aromatic rings. The lowest BCUT2D eigenvalue weighted by Crippen LogP contribution is -2.39. The zero-order valence-electron chi connectivity index (χ0n) is 19.8. The van der Waals surface area contributed by atoms with E-state index in [0.717, 1.165) is 24.8 Å². The van der Waals surface area contributed by atoms with Crippen molar-refractivity contribution in [2.75, 3.05) is 6.54 Å². The molecular formula is C24H31F4N7O. The molecule has 0 radical (unpaired) electrons. The monoisotopic (exact) mass is 509 g/mol. The number of hydrogen-bond donors (Lipinski definition) is 5. The van der Waals surface area contributed by atoms with Crippen LogP contribution in [0.25, 0.3) is 0 Å². The summed E-state index contributed by atoms with van der Waals surface area (Å²) in [6.07, 6.45) is 5.22. The maximum atomic E-state index is 13.6. The molecule has 2 aliphatic heterocycles. The van der Waals surface area contributed by atoms with E-state index in [4.69, 9.17) is 11.5 Å². The van der Waals surface area contributed by atoms with Gasteiger partial charge >= 0.3 is 6.18 Å². The number of allylic oxidation sites excluding steroid dienone is 4. The van der Waals surface area contributed by atoms with Gasteiger partial charge in [0.15, 0.2) is 6.23 Å². The normalized spacial score (nSPS) is 21.8. The van der Waals surface area contributed by atoms with Crippen molar-refractivity contribution < 1.29 is 22.7 Å². The minimum Gasteiger partial charge on any atom is -0.382 e. The van der Waals surface area contributed by atoms with Crippen LogP contribution in [0.3, 0.4) is 0 Å². The van der Waals surface area contributed by atoms with Gasteiger partial charge in [-0.25, -0.2) is 14.4 Å². The number of hydrogen-bond acceptors (Lipinski definition) is 8. The quantitative estimate of drug-likeness (QED) is 0.133. The lowest BCUT2D eigenvalue weighted by atomic mass is 10.0. The van der Waals surface area contributed by atoms with Crippen molar-refractivity contribution >= 4 is 17.9 Å². The number of rotatable bonds is 10. The Bertz CT molecular complexity index is 1030. The summed E-state index contributed by atoms with van der Waals surface area (Å²) in [5, 5.41) is 16.0. The van der Waals surface area contributed by atoms with Crippen molar-refractivity contribution in [3.8, 4) is 0 Å². The molecule has 8 nitrogen and oxygen atoms in total. The van der Waals surface area contributed by atoms with E-state index in [9.17, 15) is 22.7 Å². The van der Waals surface area contributed by atoms with Crippen molar-refractivity contribution in [2.24, 2.45) is 38.3 Å². The molecule has 36 heavy (non-hydrogen) atoms. The standard InChI is InChI=1S/C24H31F4N7O/c1-3-16(13-29)14-34-19(21-22(30)33-10-9-32-21)6-4-5-17(11-15(2)25)23(36)35-20-12-18(7-8-31-20)24(26,27)28/h4-5,7-11,14,16,18,23,32,36H,2-3,6,12-13,29H2,1H3,(H2,30,33)(H,31,35)/b5-4-,17-11+,21-19-,34-14+/t16-,18+,23?/m1/s1. The van der Waals surface area contributed by atoms with Gasteiger partial charge in [0.25, 0.3) is 0 Å². The first kappa shape index (κ1) is 28.7. The van der Waals surface area contributed by atoms with Crippen LogP contribution in [0.5, 0.6) is 0 Å². The molecular weight excluding hydrogens is 478 g/mol. The Kier molecular flexibility index (Phi) is 10.8. The summed E-state index contributed by atoms with van der Waals surface area (Å²) in [6, 6.07) is 0. The minimum atomic E-state index is -4.45. The number of nitrogens with one attached hydrogen (secondary N) is 2. The molecule has 0 fully saturated rings. The molecule has 7 N–H and O–H groups in total. The van der Waals surface area contributed by atoms with Crippen molar-refractivity contribution in [1.29, 1.82) is 0 Å². The predicted octanol–water partition coefficient (Wildman–Crippen LogP) is 3.44. The summed E-state index contributed by atoms with van der Waals surface area (Å²) in [4.78, 5) is 12.4. The summed E-state index contributed by atoms with van der Waals surface area (Å²) in [6.45, 7) is 5.55. The molecule has 2 heterocycles. The van der Waals surface area contributed by atoms with Crippen LogP contribution in [0.1, 0.15) is 26.2 Å². The van der Waals surface area contributed by atoms with Gasteiger partial charge in [-0.1, -0.05) is 31.7 Å². The molecule has 0 saturated carbocycles. The lowest BCUT2D eigenvalue weighted by Gasteiger charge is -2.23. The molecule has 0 bridgehead atoms. The third-order valence-electron chi connectivity index (χ3n) is 5.28. The molecule has 0 saturated heterocycles. The van der Waals surface area contributed by atoms with E-state index in [0.29, 0.717) is 17.9 Å². The Morgan fingerprint density at radius 1 is 1.39 bits per heavy atom. The Hall–Kier alpha value is -3.51. The molecule has 0 aliphatic carbocycles. The van der Waals surface area contributed by atoms with Gasteiger partial charge in [-0.2, -0.15) is 13.2 Å². The topological polar surface area (TPSA) is 133 Å². The van der Waals surface area contributed by atoms with Gasteiger partial charge in [0.1, 0.15) is 23.2 Å². The number of aliphatic hydroxyl groups is 1. The van der Waals surface area contributed by atoms with Gasteiger partial charge in [0.2, 0.25) is 0 Å². The fourth-order valence-corrected chi connectivity index (χ4v) is 3.19. The third-order valence-corrected chi connectivity index (χ3v) is 5.28. The number of aliphatic hydroxyl groups excluding tert-OH is 1. The van der Waals surface area contributed by atoms with Crippen LogP contribution in [0.4, 0.5) is 17.6 Å². The average Bonchev–Trinajstić information content (AvgIpc) is 2.82. The second-order valence-corrected chi connectivity index (χ2v) is 7.99. The summed E-state index contributed by atoms with van der Waals surface area (Å²) < 4.78 is 52.7. The fourth-order valence-electron chi connectivity index (χ4n) is 3.19. The van der Waals surface area contributed by atoms with E-state index in [2.05, 4.69) is 32.2 Å². The van der Waals surface area contributed by atoms with Crippen LogP contribution >= 0.6 is 0 Å². The Balaban J connectivity index is 2.22. The van der Waals surface area contributed by atoms with E-state index in [-0.39, 0.29) is 29.6 Å². The van der Waals surface area contributed by atoms with E-state index >= 15 is 0 Å². The highest BCUT2D eigenvalue weighted by molar-refractivity contribution is 5.98. The summed E-state index contributed by atoms with van der Waals surface area (Å²) >= 11 is 0. The second-order valence-electron chi connectivity index (χ2n) is 7.99. The zero-order valence-corrected chi connectivity index (χ0v) is 19.8. The molecule has 2 rings (SSSR count). The Morgan fingerprint density at radius 3 is 2.75 bits per heavy atom. The second kappa shape index (κ2) is 13.5. The van der Waals surface area contributed by atoms with Crippen molar-refractivity contribution in [2.45, 2.75) is 38.6 Å². The minimum absolute atomic E-state index is 0.0168. The highest BCUT2D eigenvalue weighted by atomic mass is 19.4. The molecule has 0 spiro atoms. The third kappa shape index (κ3) is 8.93. The maximum absolute atomic E-state index is 13.6. The predicted molar refractivity (Wildman–Crippen MR) is 134 cm³/mol. The van der Waals surface area contributed by atoms with Gasteiger partial charge in [-0.05, 0) is 12.5 Å². The molecule has 196 valence electrons. The van der Waals surface area contributed by atoms with Gasteiger partial charge < -0.3 is 27.2 Å². The van der Waals surface area contributed by atoms with Gasteiger partial charge in [-0.3, -0.25) is 4.99 Å². The maximum Gasteiger partial charge on any atom is 0.395 e. The SMILES string of the molecule is C=C(F)/C=C(\C=C/CC(/N=C/[C@H](CC)CN)=C1/NC=CN=C1N)C(O)NC1=NC=C[C@H](C(F)(F)F)C1. The van der Waals surface area contributed by atoms with Gasteiger partial charge in [0.05, 0.1) is 11.6 Å². The first-order valence-corrected chi connectivity index (χ1v) is 11.2. The molecule has 3 atom stereocenters. The first-order valence-electron chi connectivity index (χ1n) is 11.2. The highest BCUT2D eigenvalue weighted by Gasteiger charge is 2.39. The lowest BCUT2D eigenvalue weighted by molar-refractivity contribution is -0.159. The first-order chi connectivity index (χ1) is 17.0. The van der Waals surface area contributed by atoms with Gasteiger partial charge in [0, 0.05) is 55.7 Å². The molecule has 0 amide bonds. The summed E-state index contributed by atoms with van der Waals surface area (Å²) in [5.41, 5.74) is 12.7. The Labute approximate surface area is 207 Å². The van der Waals surface area contributed by atoms with Crippen LogP contribution in [0, 0.1) is 11.8 Å². The Morgan fingerprint density at radius 2 is 2.14 bits per heavy atom. The van der Waals surface area contributed by atoms with Crippen LogP contribution in [-0.2, 0) is 0 Å². The fraction of sp³-hybridized carbons (Fsp3) is 0.375. The number of nitrogens with two attached hydrogens (primary N) is 2. The number of halogens is 4. The van der Waals surface area contributed by atoms with Crippen molar-refractivity contribution in [3.05, 3.63) is 72.3 Å². The zero-order chi connectivity index (χ0) is 26.7. The van der Waals surface area contributed by atoms with E-state index in [1.54, 1.807) is 18.5 Å². The molecule has 12 heteroatoms.